The van der Waals surface area contributed by atoms with Crippen LogP contribution < -0.4 is 26.2 Å². The molecular weight excluding hydrogens is 856 g/mol. The molecule has 0 unspecified atom stereocenters. The molecule has 0 atom stereocenters. The lowest BCUT2D eigenvalue weighted by Gasteiger charge is -2.49. The van der Waals surface area contributed by atoms with Crippen molar-refractivity contribution in [2.24, 2.45) is 0 Å². The quantitative estimate of drug-likeness (QED) is 0.162. The molecule has 0 bridgehead atoms. The SMILES string of the molecule is Cc1cc2c(cc1N1c3cc4c(cc3B3c5ccc(C(C)(C)c6ccccc6)cc5N(c5ccc6c(c5C)C(C)(C)CCC6(C)C)c5cc(C(C)(C)C)cc1c53)C(C)(C)CCC4(C)C)C(C)(C)CC2(C)C. The number of anilines is 6. The van der Waals surface area contributed by atoms with Crippen LogP contribution in [0.4, 0.5) is 34.1 Å². The molecule has 0 fully saturated rings. The molecule has 71 heavy (non-hydrogen) atoms. The van der Waals surface area contributed by atoms with E-state index < -0.39 is 0 Å². The van der Waals surface area contributed by atoms with Crippen molar-refractivity contribution in [1.82, 2.24) is 0 Å². The first-order chi connectivity index (χ1) is 32.9. The summed E-state index contributed by atoms with van der Waals surface area (Å²) >= 11 is 0. The van der Waals surface area contributed by atoms with Gasteiger partial charge in [-0.1, -0.05) is 178 Å². The standard InChI is InChI=1S/C68H83BN2/c1-41-33-47-50(67(16,17)40-66(47,14)15)38-54(41)71-56-39-49-48(63(8,9)29-30-64(49,10)11)37-52(56)69-51-27-25-44(68(18,19)43-23-21-20-22-24-43)34-55(51)70(57-35-45(61(3,4)5)36-58(71)60(57)69)53-28-26-46-59(42(53)2)65(12,13)32-31-62(46,6)7/h20-28,33-39H,29-32,40H2,1-19H3. The van der Waals surface area contributed by atoms with Gasteiger partial charge in [-0.15, -0.1) is 0 Å². The Kier molecular flexibility index (Phi) is 10.2. The van der Waals surface area contributed by atoms with Crippen LogP contribution in [0.5, 0.6) is 0 Å². The lowest BCUT2D eigenvalue weighted by Crippen LogP contribution is -2.62. The second-order valence-electron chi connectivity index (χ2n) is 28.8. The van der Waals surface area contributed by atoms with Crippen LogP contribution in [0, 0.1) is 13.8 Å². The molecular formula is C68H83BN2. The topological polar surface area (TPSA) is 6.48 Å². The zero-order valence-electron chi connectivity index (χ0n) is 47.2. The Bertz CT molecular complexity index is 3220. The lowest BCUT2D eigenvalue weighted by atomic mass is 9.33. The average molecular weight is 939 g/mol. The van der Waals surface area contributed by atoms with Gasteiger partial charge in [0.1, 0.15) is 0 Å². The smallest absolute Gasteiger partial charge is 0.252 e. The molecule has 0 amide bonds. The molecule has 0 N–H and O–H groups in total. The summed E-state index contributed by atoms with van der Waals surface area (Å²) in [6.45, 7) is 46.8. The fourth-order valence-corrected chi connectivity index (χ4v) is 15.0. The first-order valence-corrected chi connectivity index (χ1v) is 27.4. The van der Waals surface area contributed by atoms with Crippen LogP contribution in [0.25, 0.3) is 0 Å². The van der Waals surface area contributed by atoms with Gasteiger partial charge in [0, 0.05) is 39.5 Å². The molecule has 5 aliphatic rings. The summed E-state index contributed by atoms with van der Waals surface area (Å²) in [6.07, 6.45) is 5.88. The third-order valence-electron chi connectivity index (χ3n) is 19.5. The van der Waals surface area contributed by atoms with E-state index in [9.17, 15) is 0 Å². The second-order valence-corrected chi connectivity index (χ2v) is 28.8. The van der Waals surface area contributed by atoms with Crippen molar-refractivity contribution in [2.75, 3.05) is 9.80 Å². The molecule has 11 rings (SSSR count). The third kappa shape index (κ3) is 7.07. The molecule has 6 aromatic carbocycles. The predicted octanol–water partition coefficient (Wildman–Crippen LogP) is 16.7. The van der Waals surface area contributed by atoms with Gasteiger partial charge in [0.15, 0.2) is 0 Å². The van der Waals surface area contributed by atoms with Crippen LogP contribution in [-0.4, -0.2) is 6.71 Å². The number of hydrogen-bond donors (Lipinski definition) is 0. The third-order valence-corrected chi connectivity index (χ3v) is 19.5. The summed E-state index contributed by atoms with van der Waals surface area (Å²) in [5.41, 5.74) is 28.2. The highest BCUT2D eigenvalue weighted by molar-refractivity contribution is 7.00. The van der Waals surface area contributed by atoms with Crippen molar-refractivity contribution in [3.63, 3.8) is 0 Å². The summed E-state index contributed by atoms with van der Waals surface area (Å²) in [5.74, 6) is 0. The number of aryl methyl sites for hydroxylation is 1. The first-order valence-electron chi connectivity index (χ1n) is 27.4. The molecule has 0 aromatic heterocycles. The van der Waals surface area contributed by atoms with Gasteiger partial charge in [-0.05, 0) is 198 Å². The van der Waals surface area contributed by atoms with Crippen LogP contribution in [0.2, 0.25) is 0 Å². The number of nitrogens with zero attached hydrogens (tertiary/aromatic N) is 2. The Hall–Kier alpha value is -5.02. The van der Waals surface area contributed by atoms with Gasteiger partial charge in [0.05, 0.1) is 0 Å². The van der Waals surface area contributed by atoms with Gasteiger partial charge < -0.3 is 9.80 Å². The second kappa shape index (κ2) is 15.0. The highest BCUT2D eigenvalue weighted by Gasteiger charge is 2.50. The highest BCUT2D eigenvalue weighted by Crippen LogP contribution is 2.56. The summed E-state index contributed by atoms with van der Waals surface area (Å²) in [7, 11) is 0. The largest absolute Gasteiger partial charge is 0.311 e. The van der Waals surface area contributed by atoms with E-state index in [0.717, 1.165) is 6.42 Å². The number of hydrogen-bond acceptors (Lipinski definition) is 2. The zero-order chi connectivity index (χ0) is 51.1. The van der Waals surface area contributed by atoms with Crippen molar-refractivity contribution in [1.29, 1.82) is 0 Å². The van der Waals surface area contributed by atoms with E-state index in [4.69, 9.17) is 0 Å². The fraction of sp³-hybridized carbons (Fsp3) is 0.471. The average Bonchev–Trinajstić information content (AvgIpc) is 3.47. The van der Waals surface area contributed by atoms with E-state index >= 15 is 0 Å². The summed E-state index contributed by atoms with van der Waals surface area (Å²) < 4.78 is 0. The van der Waals surface area contributed by atoms with E-state index in [-0.39, 0.29) is 50.0 Å². The zero-order valence-corrected chi connectivity index (χ0v) is 47.2. The van der Waals surface area contributed by atoms with E-state index in [0.29, 0.717) is 0 Å². The number of rotatable bonds is 4. The molecule has 2 heterocycles. The van der Waals surface area contributed by atoms with E-state index in [1.54, 1.807) is 5.56 Å². The molecule has 3 heteroatoms. The Morgan fingerprint density at radius 1 is 0.408 bits per heavy atom. The molecule has 2 nitrogen and oxygen atoms in total. The Balaban J connectivity index is 1.30. The summed E-state index contributed by atoms with van der Waals surface area (Å²) in [4.78, 5) is 5.53. The van der Waals surface area contributed by atoms with Crippen LogP contribution >= 0.6 is 0 Å². The summed E-state index contributed by atoms with van der Waals surface area (Å²) in [5, 5.41) is 0. The Labute approximate surface area is 430 Å². The maximum absolute atomic E-state index is 2.77. The molecule has 368 valence electrons. The molecule has 0 radical (unpaired) electrons. The van der Waals surface area contributed by atoms with Crippen molar-refractivity contribution in [2.45, 2.75) is 207 Å². The monoisotopic (exact) mass is 939 g/mol. The maximum atomic E-state index is 2.77. The van der Waals surface area contributed by atoms with Crippen molar-refractivity contribution in [3.05, 3.63) is 158 Å². The van der Waals surface area contributed by atoms with Crippen LogP contribution in [0.3, 0.4) is 0 Å². The van der Waals surface area contributed by atoms with E-state index in [1.165, 1.54) is 132 Å². The van der Waals surface area contributed by atoms with Gasteiger partial charge in [-0.2, -0.15) is 0 Å². The number of benzene rings is 6. The van der Waals surface area contributed by atoms with Gasteiger partial charge in [0.2, 0.25) is 0 Å². The van der Waals surface area contributed by atoms with Gasteiger partial charge in [-0.25, -0.2) is 0 Å². The Morgan fingerprint density at radius 2 is 0.901 bits per heavy atom. The molecule has 6 aromatic rings. The molecule has 3 aliphatic carbocycles. The van der Waals surface area contributed by atoms with Crippen LogP contribution in [-0.2, 0) is 43.3 Å². The van der Waals surface area contributed by atoms with Gasteiger partial charge >= 0.3 is 0 Å². The molecule has 2 aliphatic heterocycles. The van der Waals surface area contributed by atoms with Crippen molar-refractivity contribution < 1.29 is 0 Å². The molecule has 0 spiro atoms. The van der Waals surface area contributed by atoms with Crippen molar-refractivity contribution >= 4 is 57.2 Å². The van der Waals surface area contributed by atoms with E-state index in [2.05, 4.69) is 238 Å². The predicted molar refractivity (Wildman–Crippen MR) is 308 cm³/mol. The molecule has 0 saturated heterocycles. The fourth-order valence-electron chi connectivity index (χ4n) is 15.0. The number of fused-ring (bicyclic) bond motifs is 7. The van der Waals surface area contributed by atoms with Crippen molar-refractivity contribution in [3.8, 4) is 0 Å². The minimum atomic E-state index is -0.221. The van der Waals surface area contributed by atoms with E-state index in [1.807, 2.05) is 0 Å². The first kappa shape index (κ1) is 48.3. The van der Waals surface area contributed by atoms with Gasteiger partial charge in [-0.3, -0.25) is 0 Å². The summed E-state index contributed by atoms with van der Waals surface area (Å²) in [6, 6.07) is 39.7. The van der Waals surface area contributed by atoms with Crippen LogP contribution in [0.1, 0.15) is 211 Å². The van der Waals surface area contributed by atoms with Crippen LogP contribution in [0.15, 0.2) is 97.1 Å². The highest BCUT2D eigenvalue weighted by atomic mass is 15.2. The minimum absolute atomic E-state index is 0.0324. The maximum Gasteiger partial charge on any atom is 0.252 e. The normalized spacial score (nSPS) is 20.4. The molecule has 0 saturated carbocycles. The minimum Gasteiger partial charge on any atom is -0.311 e. The Morgan fingerprint density at radius 3 is 1.51 bits per heavy atom. The van der Waals surface area contributed by atoms with Gasteiger partial charge in [0.25, 0.3) is 6.71 Å². The lowest BCUT2D eigenvalue weighted by molar-refractivity contribution is 0.330.